The maximum absolute atomic E-state index is 6.39. The van der Waals surface area contributed by atoms with E-state index in [2.05, 4.69) is 6.92 Å². The Kier molecular flexibility index (Phi) is 2.89. The quantitative estimate of drug-likeness (QED) is 0.751. The van der Waals surface area contributed by atoms with E-state index in [1.807, 2.05) is 6.92 Å². The van der Waals surface area contributed by atoms with E-state index in [0.717, 1.165) is 41.3 Å². The number of rotatable bonds is 2. The molecule has 0 saturated heterocycles. The maximum atomic E-state index is 6.39. The summed E-state index contributed by atoms with van der Waals surface area (Å²) in [4.78, 5) is 9.67. The first-order valence-corrected chi connectivity index (χ1v) is 8.51. The molecule has 1 aromatic rings. The first-order chi connectivity index (χ1) is 9.59. The minimum absolute atomic E-state index is 0.260. The molecule has 0 aromatic carbocycles. The fraction of sp³-hybridized carbons (Fsp3) is 0.765. The summed E-state index contributed by atoms with van der Waals surface area (Å²) < 4.78 is 0. The Labute approximate surface area is 126 Å². The van der Waals surface area contributed by atoms with Crippen LogP contribution in [0, 0.1) is 24.7 Å². The topological polar surface area (TPSA) is 25.8 Å². The van der Waals surface area contributed by atoms with Crippen LogP contribution in [0.2, 0.25) is 5.15 Å². The van der Waals surface area contributed by atoms with Crippen molar-refractivity contribution in [3.8, 4) is 0 Å². The van der Waals surface area contributed by atoms with E-state index in [1.54, 1.807) is 0 Å². The highest BCUT2D eigenvalue weighted by molar-refractivity contribution is 6.30. The van der Waals surface area contributed by atoms with E-state index in [1.165, 1.54) is 38.5 Å². The van der Waals surface area contributed by atoms with Crippen molar-refractivity contribution in [2.45, 2.75) is 64.2 Å². The van der Waals surface area contributed by atoms with Crippen LogP contribution < -0.4 is 0 Å². The van der Waals surface area contributed by atoms with Gasteiger partial charge in [0.15, 0.2) is 0 Å². The number of halogens is 1. The highest BCUT2D eigenvalue weighted by Gasteiger charge is 2.53. The van der Waals surface area contributed by atoms with E-state index >= 15 is 0 Å². The molecule has 0 radical (unpaired) electrons. The zero-order valence-electron chi connectivity index (χ0n) is 12.5. The van der Waals surface area contributed by atoms with Crippen LogP contribution in [0.3, 0.4) is 0 Å². The average Bonchev–Trinajstić information content (AvgIpc) is 2.40. The molecule has 0 unspecified atom stereocenters. The van der Waals surface area contributed by atoms with Gasteiger partial charge in [-0.1, -0.05) is 18.5 Å². The molecule has 108 valence electrons. The zero-order valence-corrected chi connectivity index (χ0v) is 13.2. The van der Waals surface area contributed by atoms with Crippen molar-refractivity contribution in [3.63, 3.8) is 0 Å². The van der Waals surface area contributed by atoms with Gasteiger partial charge in [0, 0.05) is 16.7 Å². The number of aryl methyl sites for hydroxylation is 1. The van der Waals surface area contributed by atoms with Gasteiger partial charge in [-0.15, -0.1) is 0 Å². The standard InChI is InChI=1S/C17H23ClN2/c1-3-14-10(2)15(18)20-16(19-14)17-7-11-4-12(8-17)6-13(5-11)9-17/h11-13H,3-9H2,1-2H3. The second-order valence-electron chi connectivity index (χ2n) is 7.46. The van der Waals surface area contributed by atoms with Gasteiger partial charge in [-0.3, -0.25) is 0 Å². The van der Waals surface area contributed by atoms with Crippen LogP contribution in [-0.4, -0.2) is 9.97 Å². The van der Waals surface area contributed by atoms with Crippen LogP contribution in [0.5, 0.6) is 0 Å². The van der Waals surface area contributed by atoms with E-state index < -0.39 is 0 Å². The third-order valence-corrected chi connectivity index (χ3v) is 6.40. The van der Waals surface area contributed by atoms with E-state index in [4.69, 9.17) is 21.6 Å². The lowest BCUT2D eigenvalue weighted by Crippen LogP contribution is -2.49. The molecular formula is C17H23ClN2. The van der Waals surface area contributed by atoms with Crippen LogP contribution in [0.25, 0.3) is 0 Å². The van der Waals surface area contributed by atoms with Crippen molar-refractivity contribution < 1.29 is 0 Å². The Balaban J connectivity index is 1.79. The molecule has 1 aromatic heterocycles. The smallest absolute Gasteiger partial charge is 0.136 e. The third-order valence-electron chi connectivity index (χ3n) is 6.03. The van der Waals surface area contributed by atoms with Gasteiger partial charge in [-0.2, -0.15) is 0 Å². The monoisotopic (exact) mass is 290 g/mol. The van der Waals surface area contributed by atoms with Crippen LogP contribution in [-0.2, 0) is 11.8 Å². The molecule has 2 nitrogen and oxygen atoms in total. The number of nitrogens with zero attached hydrogens (tertiary/aromatic N) is 2. The average molecular weight is 291 g/mol. The Hall–Kier alpha value is -0.630. The van der Waals surface area contributed by atoms with Gasteiger partial charge >= 0.3 is 0 Å². The van der Waals surface area contributed by atoms with Crippen LogP contribution in [0.1, 0.15) is 62.5 Å². The summed E-state index contributed by atoms with van der Waals surface area (Å²) in [6.45, 7) is 4.21. The minimum atomic E-state index is 0.260. The fourth-order valence-corrected chi connectivity index (χ4v) is 5.69. The summed E-state index contributed by atoms with van der Waals surface area (Å²) in [5.41, 5.74) is 2.48. The lowest BCUT2D eigenvalue weighted by Gasteiger charge is -2.56. The SMILES string of the molecule is CCc1nc(C23CC4CC(CC(C4)C2)C3)nc(Cl)c1C. The summed E-state index contributed by atoms with van der Waals surface area (Å²) in [7, 11) is 0. The van der Waals surface area contributed by atoms with Gasteiger partial charge in [0.05, 0.1) is 0 Å². The lowest BCUT2D eigenvalue weighted by atomic mass is 9.49. The second-order valence-corrected chi connectivity index (χ2v) is 7.82. The molecule has 4 fully saturated rings. The van der Waals surface area contributed by atoms with Gasteiger partial charge in [0.2, 0.25) is 0 Å². The number of hydrogen-bond acceptors (Lipinski definition) is 2. The van der Waals surface area contributed by atoms with Gasteiger partial charge in [0.25, 0.3) is 0 Å². The first-order valence-electron chi connectivity index (χ1n) is 8.13. The van der Waals surface area contributed by atoms with Crippen molar-refractivity contribution in [3.05, 3.63) is 22.2 Å². The largest absolute Gasteiger partial charge is 0.237 e. The summed E-state index contributed by atoms with van der Waals surface area (Å²) >= 11 is 6.39. The van der Waals surface area contributed by atoms with Gasteiger partial charge < -0.3 is 0 Å². The highest BCUT2D eigenvalue weighted by atomic mass is 35.5. The Morgan fingerprint density at radius 2 is 1.60 bits per heavy atom. The van der Waals surface area contributed by atoms with E-state index in [9.17, 15) is 0 Å². The van der Waals surface area contributed by atoms with Crippen LogP contribution >= 0.6 is 11.6 Å². The summed E-state index contributed by atoms with van der Waals surface area (Å²) in [6.07, 6.45) is 9.25. The van der Waals surface area contributed by atoms with Crippen molar-refractivity contribution in [2.75, 3.05) is 0 Å². The molecular weight excluding hydrogens is 268 g/mol. The molecule has 4 bridgehead atoms. The predicted molar refractivity (Wildman–Crippen MR) is 81.0 cm³/mol. The van der Waals surface area contributed by atoms with Crippen molar-refractivity contribution >= 4 is 11.6 Å². The normalized spacial score (nSPS) is 38.5. The molecule has 4 aliphatic rings. The zero-order chi connectivity index (χ0) is 13.9. The molecule has 0 amide bonds. The van der Waals surface area contributed by atoms with Crippen LogP contribution in [0.4, 0.5) is 0 Å². The predicted octanol–water partition coefficient (Wildman–Crippen LogP) is 4.47. The van der Waals surface area contributed by atoms with Crippen LogP contribution in [0.15, 0.2) is 0 Å². The minimum Gasteiger partial charge on any atom is -0.237 e. The summed E-state index contributed by atoms with van der Waals surface area (Å²) in [5, 5.41) is 0.683. The Morgan fingerprint density at radius 1 is 1.05 bits per heavy atom. The fourth-order valence-electron chi connectivity index (χ4n) is 5.50. The lowest BCUT2D eigenvalue weighted by molar-refractivity contribution is -0.00950. The second kappa shape index (κ2) is 4.43. The molecule has 4 saturated carbocycles. The molecule has 20 heavy (non-hydrogen) atoms. The summed E-state index contributed by atoms with van der Waals surface area (Å²) in [5.74, 6) is 3.85. The van der Waals surface area contributed by atoms with Gasteiger partial charge in [-0.25, -0.2) is 9.97 Å². The Morgan fingerprint density at radius 3 is 2.10 bits per heavy atom. The van der Waals surface area contributed by atoms with E-state index in [-0.39, 0.29) is 5.41 Å². The molecule has 0 spiro atoms. The maximum Gasteiger partial charge on any atom is 0.136 e. The third kappa shape index (κ3) is 1.83. The highest BCUT2D eigenvalue weighted by Crippen LogP contribution is 2.60. The molecule has 4 aliphatic carbocycles. The number of hydrogen-bond donors (Lipinski definition) is 0. The van der Waals surface area contributed by atoms with Gasteiger partial charge in [-0.05, 0) is 69.6 Å². The summed E-state index contributed by atoms with van der Waals surface area (Å²) in [6, 6.07) is 0. The molecule has 5 rings (SSSR count). The molecule has 0 atom stereocenters. The molecule has 0 N–H and O–H groups in total. The van der Waals surface area contributed by atoms with Crippen molar-refractivity contribution in [2.24, 2.45) is 17.8 Å². The van der Waals surface area contributed by atoms with Crippen molar-refractivity contribution in [1.29, 1.82) is 0 Å². The molecule has 3 heteroatoms. The van der Waals surface area contributed by atoms with Gasteiger partial charge in [0.1, 0.15) is 11.0 Å². The molecule has 0 aliphatic heterocycles. The number of aromatic nitrogens is 2. The Bertz CT molecular complexity index is 517. The first kappa shape index (κ1) is 13.1. The van der Waals surface area contributed by atoms with E-state index in [0.29, 0.717) is 5.15 Å². The van der Waals surface area contributed by atoms with Crippen molar-refractivity contribution in [1.82, 2.24) is 9.97 Å². The molecule has 1 heterocycles.